The highest BCUT2D eigenvalue weighted by Crippen LogP contribution is 2.30. The van der Waals surface area contributed by atoms with Gasteiger partial charge in [0.15, 0.2) is 5.16 Å². The number of benzene rings is 1. The lowest BCUT2D eigenvalue weighted by atomic mass is 10.1. The number of aliphatic carboxylic acids is 1. The second-order valence-corrected chi connectivity index (χ2v) is 7.50. The molecule has 0 aliphatic carbocycles. The van der Waals surface area contributed by atoms with E-state index >= 15 is 0 Å². The van der Waals surface area contributed by atoms with E-state index in [1.54, 1.807) is 0 Å². The van der Waals surface area contributed by atoms with E-state index in [1.165, 1.54) is 35.3 Å². The van der Waals surface area contributed by atoms with Gasteiger partial charge in [-0.15, -0.1) is 0 Å². The average molecular weight is 322 g/mol. The van der Waals surface area contributed by atoms with Crippen LogP contribution in [0.1, 0.15) is 12.0 Å². The Labute approximate surface area is 132 Å². The molecule has 2 aromatic rings. The van der Waals surface area contributed by atoms with Gasteiger partial charge in [0.1, 0.15) is 0 Å². The van der Waals surface area contributed by atoms with Crippen LogP contribution in [-0.4, -0.2) is 37.9 Å². The number of carbonyl (C=O) groups is 1. The van der Waals surface area contributed by atoms with E-state index in [1.807, 2.05) is 17.8 Å². The fourth-order valence-electron chi connectivity index (χ4n) is 2.61. The van der Waals surface area contributed by atoms with Gasteiger partial charge in [-0.05, 0) is 48.5 Å². The number of imidazole rings is 1. The molecule has 1 aliphatic heterocycles. The van der Waals surface area contributed by atoms with E-state index in [2.05, 4.69) is 28.6 Å². The van der Waals surface area contributed by atoms with Crippen LogP contribution in [0.25, 0.3) is 11.0 Å². The molecular formula is C15H18N2O2S2. The van der Waals surface area contributed by atoms with Gasteiger partial charge in [-0.1, -0.05) is 17.8 Å². The highest BCUT2D eigenvalue weighted by Gasteiger charge is 2.20. The van der Waals surface area contributed by atoms with Crippen molar-refractivity contribution in [3.05, 3.63) is 23.8 Å². The molecule has 2 heterocycles. The van der Waals surface area contributed by atoms with Crippen LogP contribution in [0.5, 0.6) is 0 Å². The molecule has 1 N–H and O–H groups in total. The number of thioether (sulfide) groups is 2. The van der Waals surface area contributed by atoms with Crippen LogP contribution in [0.2, 0.25) is 0 Å². The molecule has 1 saturated heterocycles. The second kappa shape index (κ2) is 6.32. The summed E-state index contributed by atoms with van der Waals surface area (Å²) < 4.78 is 2.21. The standard InChI is InChI=1S/C15H18N2O2S2/c1-10-2-3-12-13(6-10)17(7-11-4-5-20-8-11)15(16-12)21-9-14(18)19/h2-3,6,11H,4-5,7-9H2,1H3,(H,18,19). The highest BCUT2D eigenvalue weighted by atomic mass is 32.2. The summed E-state index contributed by atoms with van der Waals surface area (Å²) in [6, 6.07) is 6.22. The third-order valence-corrected chi connectivity index (χ3v) is 5.85. The Bertz CT molecular complexity index is 663. The first kappa shape index (κ1) is 14.8. The number of rotatable bonds is 5. The van der Waals surface area contributed by atoms with Gasteiger partial charge in [-0.25, -0.2) is 4.98 Å². The summed E-state index contributed by atoms with van der Waals surface area (Å²) in [5, 5.41) is 9.74. The molecule has 1 aromatic heterocycles. The summed E-state index contributed by atoms with van der Waals surface area (Å²) in [5.41, 5.74) is 3.29. The SMILES string of the molecule is Cc1ccc2nc(SCC(=O)O)n(CC3CCSC3)c2c1. The van der Waals surface area contributed by atoms with Crippen LogP contribution >= 0.6 is 23.5 Å². The topological polar surface area (TPSA) is 55.1 Å². The number of carboxylic acid groups (broad SMARTS) is 1. The van der Waals surface area contributed by atoms with Crippen molar-refractivity contribution in [3.63, 3.8) is 0 Å². The van der Waals surface area contributed by atoms with Gasteiger partial charge in [0.25, 0.3) is 0 Å². The van der Waals surface area contributed by atoms with Crippen LogP contribution in [0.15, 0.2) is 23.4 Å². The normalized spacial score (nSPS) is 18.4. The van der Waals surface area contributed by atoms with Crippen molar-refractivity contribution in [3.8, 4) is 0 Å². The Hall–Kier alpha value is -1.14. The van der Waals surface area contributed by atoms with Crippen molar-refractivity contribution >= 4 is 40.5 Å². The average Bonchev–Trinajstić information content (AvgIpc) is 3.06. The fraction of sp³-hybridized carbons (Fsp3) is 0.467. The molecule has 0 bridgehead atoms. The molecule has 112 valence electrons. The summed E-state index contributed by atoms with van der Waals surface area (Å²) in [6.07, 6.45) is 1.24. The lowest BCUT2D eigenvalue weighted by Crippen LogP contribution is -2.11. The minimum Gasteiger partial charge on any atom is -0.481 e. The second-order valence-electron chi connectivity index (χ2n) is 5.41. The predicted molar refractivity (Wildman–Crippen MR) is 88.3 cm³/mol. The van der Waals surface area contributed by atoms with Gasteiger partial charge in [-0.2, -0.15) is 11.8 Å². The highest BCUT2D eigenvalue weighted by molar-refractivity contribution is 7.99. The number of nitrogens with zero attached hydrogens (tertiary/aromatic N) is 2. The molecule has 3 rings (SSSR count). The maximum atomic E-state index is 10.8. The third-order valence-electron chi connectivity index (χ3n) is 3.66. The van der Waals surface area contributed by atoms with E-state index in [0.29, 0.717) is 5.92 Å². The van der Waals surface area contributed by atoms with Crippen molar-refractivity contribution in [1.29, 1.82) is 0 Å². The van der Waals surface area contributed by atoms with Gasteiger partial charge in [0.2, 0.25) is 0 Å². The summed E-state index contributed by atoms with van der Waals surface area (Å²) in [4.78, 5) is 15.5. The Morgan fingerprint density at radius 2 is 2.43 bits per heavy atom. The van der Waals surface area contributed by atoms with Gasteiger partial charge in [0, 0.05) is 6.54 Å². The van der Waals surface area contributed by atoms with E-state index < -0.39 is 5.97 Å². The maximum absolute atomic E-state index is 10.8. The molecule has 1 atom stereocenters. The number of aryl methyl sites for hydroxylation is 1. The summed E-state index contributed by atoms with van der Waals surface area (Å²) in [6.45, 7) is 3.02. The van der Waals surface area contributed by atoms with E-state index in [0.717, 1.165) is 22.7 Å². The molecule has 1 fully saturated rings. The molecule has 1 unspecified atom stereocenters. The molecule has 4 nitrogen and oxygen atoms in total. The van der Waals surface area contributed by atoms with Crippen molar-refractivity contribution < 1.29 is 9.90 Å². The Morgan fingerprint density at radius 3 is 3.14 bits per heavy atom. The first-order valence-electron chi connectivity index (χ1n) is 7.02. The van der Waals surface area contributed by atoms with Gasteiger partial charge in [0.05, 0.1) is 16.8 Å². The van der Waals surface area contributed by atoms with Crippen molar-refractivity contribution in [2.75, 3.05) is 17.3 Å². The largest absolute Gasteiger partial charge is 0.481 e. The zero-order chi connectivity index (χ0) is 14.8. The van der Waals surface area contributed by atoms with Crippen molar-refractivity contribution in [2.24, 2.45) is 5.92 Å². The molecule has 0 radical (unpaired) electrons. The number of hydrogen-bond acceptors (Lipinski definition) is 4. The Morgan fingerprint density at radius 1 is 1.57 bits per heavy atom. The van der Waals surface area contributed by atoms with Crippen LogP contribution in [0, 0.1) is 12.8 Å². The quantitative estimate of drug-likeness (QED) is 0.856. The molecule has 0 saturated carbocycles. The molecule has 21 heavy (non-hydrogen) atoms. The molecular weight excluding hydrogens is 304 g/mol. The monoisotopic (exact) mass is 322 g/mol. The van der Waals surface area contributed by atoms with Crippen LogP contribution in [0.4, 0.5) is 0 Å². The molecule has 0 amide bonds. The van der Waals surface area contributed by atoms with Crippen molar-refractivity contribution in [2.45, 2.75) is 25.0 Å². The minimum absolute atomic E-state index is 0.0573. The van der Waals surface area contributed by atoms with Crippen LogP contribution in [-0.2, 0) is 11.3 Å². The van der Waals surface area contributed by atoms with Crippen LogP contribution < -0.4 is 0 Å². The fourth-order valence-corrected chi connectivity index (χ4v) is 4.63. The maximum Gasteiger partial charge on any atom is 0.313 e. The molecule has 0 spiro atoms. The first-order chi connectivity index (χ1) is 10.1. The molecule has 1 aromatic carbocycles. The zero-order valence-corrected chi connectivity index (χ0v) is 13.5. The number of carboxylic acids is 1. The predicted octanol–water partition coefficient (Wildman–Crippen LogP) is 3.27. The van der Waals surface area contributed by atoms with Gasteiger partial charge < -0.3 is 9.67 Å². The Balaban J connectivity index is 1.96. The zero-order valence-electron chi connectivity index (χ0n) is 11.9. The Kier molecular flexibility index (Phi) is 4.45. The van der Waals surface area contributed by atoms with Crippen molar-refractivity contribution in [1.82, 2.24) is 9.55 Å². The number of aromatic nitrogens is 2. The molecule has 1 aliphatic rings. The smallest absolute Gasteiger partial charge is 0.313 e. The third kappa shape index (κ3) is 3.37. The summed E-state index contributed by atoms with van der Waals surface area (Å²) in [7, 11) is 0. The van der Waals surface area contributed by atoms with Gasteiger partial charge in [-0.3, -0.25) is 4.79 Å². The minimum atomic E-state index is -0.800. The van der Waals surface area contributed by atoms with Gasteiger partial charge >= 0.3 is 5.97 Å². The van der Waals surface area contributed by atoms with Crippen LogP contribution in [0.3, 0.4) is 0 Å². The number of fused-ring (bicyclic) bond motifs is 1. The first-order valence-corrected chi connectivity index (χ1v) is 9.17. The van der Waals surface area contributed by atoms with E-state index in [4.69, 9.17) is 5.11 Å². The summed E-state index contributed by atoms with van der Waals surface area (Å²) >= 11 is 3.32. The summed E-state index contributed by atoms with van der Waals surface area (Å²) in [5.74, 6) is 2.34. The molecule has 6 heteroatoms. The van der Waals surface area contributed by atoms with E-state index in [-0.39, 0.29) is 5.75 Å². The lowest BCUT2D eigenvalue weighted by molar-refractivity contribution is -0.133. The number of hydrogen-bond donors (Lipinski definition) is 1. The van der Waals surface area contributed by atoms with E-state index in [9.17, 15) is 4.79 Å². The lowest BCUT2D eigenvalue weighted by Gasteiger charge is -2.13.